The summed E-state index contributed by atoms with van der Waals surface area (Å²) in [6.45, 7) is 9.14. The maximum absolute atomic E-state index is 11.9. The fourth-order valence-electron chi connectivity index (χ4n) is 2.16. The number of amides is 2. The molecule has 0 N–H and O–H groups in total. The molecule has 0 saturated carbocycles. The summed E-state index contributed by atoms with van der Waals surface area (Å²) < 4.78 is 5.19. The van der Waals surface area contributed by atoms with Crippen molar-refractivity contribution in [2.75, 3.05) is 32.8 Å². The summed E-state index contributed by atoms with van der Waals surface area (Å²) in [4.78, 5) is 27.4. The monoisotopic (exact) mass is 256 g/mol. The summed E-state index contributed by atoms with van der Waals surface area (Å²) >= 11 is 0. The molecule has 18 heavy (non-hydrogen) atoms. The average Bonchev–Trinajstić information content (AvgIpc) is 2.37. The molecule has 5 heteroatoms. The van der Waals surface area contributed by atoms with Crippen molar-refractivity contribution in [3.8, 4) is 0 Å². The van der Waals surface area contributed by atoms with Crippen LogP contribution < -0.4 is 0 Å². The fourth-order valence-corrected chi connectivity index (χ4v) is 2.16. The molecule has 1 heterocycles. The van der Waals surface area contributed by atoms with E-state index < -0.39 is 0 Å². The molecule has 104 valence electrons. The van der Waals surface area contributed by atoms with Gasteiger partial charge in [0, 0.05) is 38.5 Å². The van der Waals surface area contributed by atoms with E-state index in [-0.39, 0.29) is 17.9 Å². The maximum Gasteiger partial charge on any atom is 0.223 e. The molecule has 0 aliphatic carbocycles. The van der Waals surface area contributed by atoms with Crippen LogP contribution in [0.1, 0.15) is 33.6 Å². The van der Waals surface area contributed by atoms with E-state index in [1.807, 2.05) is 20.8 Å². The van der Waals surface area contributed by atoms with Gasteiger partial charge in [-0.25, -0.2) is 0 Å². The SMILES string of the molecule is CCN(C(=O)CCC(=O)N1CCOCC1)C(C)C. The number of nitrogens with zero attached hydrogens (tertiary/aromatic N) is 2. The van der Waals surface area contributed by atoms with Crippen LogP contribution in [0.3, 0.4) is 0 Å². The van der Waals surface area contributed by atoms with Crippen LogP contribution in [0.15, 0.2) is 0 Å². The lowest BCUT2D eigenvalue weighted by Gasteiger charge is -2.28. The Morgan fingerprint density at radius 2 is 1.83 bits per heavy atom. The Hall–Kier alpha value is -1.10. The lowest BCUT2D eigenvalue weighted by Crippen LogP contribution is -2.42. The van der Waals surface area contributed by atoms with E-state index in [1.54, 1.807) is 9.80 Å². The molecule has 0 unspecified atom stereocenters. The normalized spacial score (nSPS) is 15.9. The van der Waals surface area contributed by atoms with Crippen molar-refractivity contribution in [1.29, 1.82) is 0 Å². The van der Waals surface area contributed by atoms with Crippen molar-refractivity contribution in [2.45, 2.75) is 39.7 Å². The number of morpholine rings is 1. The number of hydrogen-bond acceptors (Lipinski definition) is 3. The summed E-state index contributed by atoms with van der Waals surface area (Å²) in [5.74, 6) is 0.126. The molecule has 1 aliphatic heterocycles. The zero-order valence-corrected chi connectivity index (χ0v) is 11.6. The van der Waals surface area contributed by atoms with E-state index in [0.717, 1.165) is 0 Å². The Morgan fingerprint density at radius 1 is 1.22 bits per heavy atom. The Morgan fingerprint density at radius 3 is 2.33 bits per heavy atom. The second-order valence-electron chi connectivity index (χ2n) is 4.77. The van der Waals surface area contributed by atoms with Gasteiger partial charge in [0.2, 0.25) is 11.8 Å². The molecular weight excluding hydrogens is 232 g/mol. The van der Waals surface area contributed by atoms with Crippen LogP contribution in [0.2, 0.25) is 0 Å². The minimum atomic E-state index is 0.0615. The Balaban J connectivity index is 2.34. The van der Waals surface area contributed by atoms with E-state index in [9.17, 15) is 9.59 Å². The molecule has 1 fully saturated rings. The largest absolute Gasteiger partial charge is 0.378 e. The van der Waals surface area contributed by atoms with Gasteiger partial charge in [0.05, 0.1) is 13.2 Å². The van der Waals surface area contributed by atoms with Gasteiger partial charge in [0.15, 0.2) is 0 Å². The molecule has 1 saturated heterocycles. The van der Waals surface area contributed by atoms with Crippen molar-refractivity contribution in [2.24, 2.45) is 0 Å². The predicted molar refractivity (Wildman–Crippen MR) is 69.2 cm³/mol. The highest BCUT2D eigenvalue weighted by Crippen LogP contribution is 2.06. The maximum atomic E-state index is 11.9. The number of carbonyl (C=O) groups excluding carboxylic acids is 2. The Bertz CT molecular complexity index is 286. The highest BCUT2D eigenvalue weighted by molar-refractivity contribution is 5.84. The lowest BCUT2D eigenvalue weighted by molar-refractivity contribution is -0.140. The van der Waals surface area contributed by atoms with Crippen molar-refractivity contribution in [3.05, 3.63) is 0 Å². The van der Waals surface area contributed by atoms with Gasteiger partial charge in [0.1, 0.15) is 0 Å². The summed E-state index contributed by atoms with van der Waals surface area (Å²) in [6.07, 6.45) is 0.615. The quantitative estimate of drug-likeness (QED) is 0.734. The molecule has 1 rings (SSSR count). The highest BCUT2D eigenvalue weighted by atomic mass is 16.5. The molecule has 1 aliphatic rings. The van der Waals surface area contributed by atoms with Gasteiger partial charge in [0.25, 0.3) is 0 Å². The molecule has 0 bridgehead atoms. The third kappa shape index (κ3) is 4.29. The standard InChI is InChI=1S/C13H24N2O3/c1-4-15(11(2)3)13(17)6-5-12(16)14-7-9-18-10-8-14/h11H,4-10H2,1-3H3. The smallest absolute Gasteiger partial charge is 0.223 e. The molecule has 0 atom stereocenters. The molecule has 2 amide bonds. The topological polar surface area (TPSA) is 49.9 Å². The van der Waals surface area contributed by atoms with Crippen molar-refractivity contribution >= 4 is 11.8 Å². The first kappa shape index (κ1) is 15.0. The van der Waals surface area contributed by atoms with Crippen LogP contribution >= 0.6 is 0 Å². The number of ether oxygens (including phenoxy) is 1. The second kappa shape index (κ2) is 7.36. The summed E-state index contributed by atoms with van der Waals surface area (Å²) in [7, 11) is 0. The van der Waals surface area contributed by atoms with Gasteiger partial charge in [-0.3, -0.25) is 9.59 Å². The predicted octanol–water partition coefficient (Wildman–Crippen LogP) is 0.882. The Kier molecular flexibility index (Phi) is 6.12. The third-order valence-electron chi connectivity index (χ3n) is 3.20. The fraction of sp³-hybridized carbons (Fsp3) is 0.846. The van der Waals surface area contributed by atoms with Crippen LogP contribution in [-0.2, 0) is 14.3 Å². The van der Waals surface area contributed by atoms with Crippen molar-refractivity contribution < 1.29 is 14.3 Å². The van der Waals surface area contributed by atoms with Crippen LogP contribution in [0, 0.1) is 0 Å². The minimum absolute atomic E-state index is 0.0615. The van der Waals surface area contributed by atoms with E-state index >= 15 is 0 Å². The molecule has 0 aromatic rings. The van der Waals surface area contributed by atoms with E-state index in [1.165, 1.54) is 0 Å². The van der Waals surface area contributed by atoms with Crippen molar-refractivity contribution in [1.82, 2.24) is 9.80 Å². The molecule has 0 aromatic heterocycles. The summed E-state index contributed by atoms with van der Waals surface area (Å²) in [6, 6.07) is 0.195. The average molecular weight is 256 g/mol. The van der Waals surface area contributed by atoms with Gasteiger partial charge < -0.3 is 14.5 Å². The van der Waals surface area contributed by atoms with E-state index in [4.69, 9.17) is 4.74 Å². The van der Waals surface area contributed by atoms with E-state index in [2.05, 4.69) is 0 Å². The zero-order chi connectivity index (χ0) is 13.5. The van der Waals surface area contributed by atoms with Gasteiger partial charge in [-0.1, -0.05) is 0 Å². The number of hydrogen-bond donors (Lipinski definition) is 0. The first-order valence-corrected chi connectivity index (χ1v) is 6.71. The first-order chi connectivity index (χ1) is 8.56. The minimum Gasteiger partial charge on any atom is -0.378 e. The lowest BCUT2D eigenvalue weighted by atomic mass is 10.2. The molecule has 0 radical (unpaired) electrons. The molecular formula is C13H24N2O3. The van der Waals surface area contributed by atoms with Gasteiger partial charge in [-0.05, 0) is 20.8 Å². The third-order valence-corrected chi connectivity index (χ3v) is 3.20. The molecule has 0 spiro atoms. The van der Waals surface area contributed by atoms with Crippen molar-refractivity contribution in [3.63, 3.8) is 0 Å². The second-order valence-corrected chi connectivity index (χ2v) is 4.77. The zero-order valence-electron chi connectivity index (χ0n) is 11.6. The molecule has 0 aromatic carbocycles. The van der Waals surface area contributed by atoms with Crippen LogP contribution in [0.25, 0.3) is 0 Å². The summed E-state index contributed by atoms with van der Waals surface area (Å²) in [5.41, 5.74) is 0. The van der Waals surface area contributed by atoms with Crippen LogP contribution in [0.4, 0.5) is 0 Å². The Labute approximate surface area is 109 Å². The number of rotatable bonds is 5. The van der Waals surface area contributed by atoms with Gasteiger partial charge in [-0.15, -0.1) is 0 Å². The van der Waals surface area contributed by atoms with Crippen LogP contribution in [-0.4, -0.2) is 60.5 Å². The van der Waals surface area contributed by atoms with Gasteiger partial charge in [-0.2, -0.15) is 0 Å². The first-order valence-electron chi connectivity index (χ1n) is 6.71. The number of carbonyl (C=O) groups is 2. The molecule has 5 nitrogen and oxygen atoms in total. The van der Waals surface area contributed by atoms with Crippen LogP contribution in [0.5, 0.6) is 0 Å². The van der Waals surface area contributed by atoms with E-state index in [0.29, 0.717) is 45.7 Å². The summed E-state index contributed by atoms with van der Waals surface area (Å²) in [5, 5.41) is 0. The highest BCUT2D eigenvalue weighted by Gasteiger charge is 2.20. The van der Waals surface area contributed by atoms with Gasteiger partial charge >= 0.3 is 0 Å².